The SMILES string of the molecule is CC(C)N(c1cc(C(C)(C)C)sc1C(=O)O)P(C)(=O)c1ccc(Cl)cc1Cl. The van der Waals surface area contributed by atoms with Crippen LogP contribution in [-0.2, 0) is 9.98 Å². The lowest BCUT2D eigenvalue weighted by molar-refractivity contribution is 0.0703. The first-order valence-electron chi connectivity index (χ1n) is 8.47. The Kier molecular flexibility index (Phi) is 6.43. The lowest BCUT2D eigenvalue weighted by atomic mass is 9.94. The summed E-state index contributed by atoms with van der Waals surface area (Å²) in [5, 5.41) is 11.0. The predicted octanol–water partition coefficient (Wildman–Crippen LogP) is 6.50. The third-order valence-corrected chi connectivity index (χ3v) is 9.15. The van der Waals surface area contributed by atoms with Crippen LogP contribution in [0.5, 0.6) is 0 Å². The molecule has 0 aliphatic heterocycles. The number of thiophene rings is 1. The lowest BCUT2D eigenvalue weighted by Gasteiger charge is -2.35. The van der Waals surface area contributed by atoms with Gasteiger partial charge in [0.15, 0.2) is 7.29 Å². The Labute approximate surface area is 174 Å². The van der Waals surface area contributed by atoms with E-state index in [2.05, 4.69) is 0 Å². The zero-order chi connectivity index (χ0) is 20.7. The van der Waals surface area contributed by atoms with E-state index in [0.717, 1.165) is 4.88 Å². The van der Waals surface area contributed by atoms with Gasteiger partial charge in [0.1, 0.15) is 4.88 Å². The van der Waals surface area contributed by atoms with E-state index >= 15 is 0 Å². The summed E-state index contributed by atoms with van der Waals surface area (Å²) < 4.78 is 15.6. The van der Waals surface area contributed by atoms with Crippen LogP contribution in [0.15, 0.2) is 24.3 Å². The van der Waals surface area contributed by atoms with E-state index in [1.54, 1.807) is 29.5 Å². The number of benzene rings is 1. The zero-order valence-corrected chi connectivity index (χ0v) is 19.4. The number of anilines is 1. The summed E-state index contributed by atoms with van der Waals surface area (Å²) in [6.45, 7) is 11.5. The van der Waals surface area contributed by atoms with Crippen molar-refractivity contribution < 1.29 is 14.5 Å². The van der Waals surface area contributed by atoms with Crippen LogP contribution in [0.4, 0.5) is 5.69 Å². The molecule has 0 saturated carbocycles. The fraction of sp³-hybridized carbons (Fsp3) is 0.421. The van der Waals surface area contributed by atoms with Crippen molar-refractivity contribution >= 4 is 58.8 Å². The van der Waals surface area contributed by atoms with Crippen LogP contribution < -0.4 is 9.97 Å². The normalized spacial score (nSPS) is 14.3. The van der Waals surface area contributed by atoms with Gasteiger partial charge in [-0.15, -0.1) is 11.3 Å². The largest absolute Gasteiger partial charge is 0.477 e. The molecule has 1 heterocycles. The number of aromatic carboxylic acids is 1. The Balaban J connectivity index is 2.73. The van der Waals surface area contributed by atoms with E-state index in [1.807, 2.05) is 40.7 Å². The monoisotopic (exact) mass is 447 g/mol. The second-order valence-electron chi connectivity index (χ2n) is 7.79. The van der Waals surface area contributed by atoms with Gasteiger partial charge in [-0.3, -0.25) is 4.57 Å². The number of nitrogens with zero attached hydrogens (tertiary/aromatic N) is 1. The maximum Gasteiger partial charge on any atom is 0.348 e. The number of hydrogen-bond acceptors (Lipinski definition) is 3. The van der Waals surface area contributed by atoms with Gasteiger partial charge >= 0.3 is 5.97 Å². The average Bonchev–Trinajstić information content (AvgIpc) is 2.90. The highest BCUT2D eigenvalue weighted by Gasteiger charge is 2.36. The van der Waals surface area contributed by atoms with Crippen molar-refractivity contribution in [3.05, 3.63) is 44.1 Å². The molecule has 0 saturated heterocycles. The molecule has 0 radical (unpaired) electrons. The zero-order valence-electron chi connectivity index (χ0n) is 16.2. The van der Waals surface area contributed by atoms with E-state index in [1.165, 1.54) is 11.3 Å². The maximum atomic E-state index is 13.9. The summed E-state index contributed by atoms with van der Waals surface area (Å²) in [7, 11) is -3.21. The van der Waals surface area contributed by atoms with Crippen molar-refractivity contribution in [1.82, 2.24) is 0 Å². The van der Waals surface area contributed by atoms with Crippen LogP contribution in [0.1, 0.15) is 49.2 Å². The number of rotatable bonds is 5. The van der Waals surface area contributed by atoms with Crippen LogP contribution in [-0.4, -0.2) is 23.8 Å². The number of hydrogen-bond donors (Lipinski definition) is 1. The molecule has 0 spiro atoms. The summed E-state index contributed by atoms with van der Waals surface area (Å²) in [6.07, 6.45) is 0. The van der Waals surface area contributed by atoms with E-state index < -0.39 is 13.3 Å². The molecule has 0 aliphatic rings. The molecule has 1 aromatic carbocycles. The molecule has 1 atom stereocenters. The smallest absolute Gasteiger partial charge is 0.348 e. The second-order valence-corrected chi connectivity index (χ2v) is 12.4. The van der Waals surface area contributed by atoms with Crippen LogP contribution in [0.2, 0.25) is 10.0 Å². The number of carboxylic acids is 1. The quantitative estimate of drug-likeness (QED) is 0.531. The van der Waals surface area contributed by atoms with Crippen molar-refractivity contribution in [2.24, 2.45) is 0 Å². The number of halogens is 2. The Morgan fingerprint density at radius 2 is 1.81 bits per heavy atom. The average molecular weight is 448 g/mol. The Morgan fingerprint density at radius 3 is 2.26 bits per heavy atom. The molecule has 0 fully saturated rings. The first kappa shape index (κ1) is 22.3. The molecule has 2 aromatic rings. The maximum absolute atomic E-state index is 13.9. The molecule has 0 amide bonds. The highest BCUT2D eigenvalue weighted by molar-refractivity contribution is 7.72. The fourth-order valence-corrected chi connectivity index (χ4v) is 7.42. The topological polar surface area (TPSA) is 57.6 Å². The second kappa shape index (κ2) is 7.79. The molecular weight excluding hydrogens is 424 g/mol. The van der Waals surface area contributed by atoms with Gasteiger partial charge in [0, 0.05) is 27.9 Å². The van der Waals surface area contributed by atoms with Crippen LogP contribution in [0, 0.1) is 0 Å². The van der Waals surface area contributed by atoms with Gasteiger partial charge in [0.05, 0.1) is 10.7 Å². The summed E-state index contributed by atoms with van der Waals surface area (Å²) in [4.78, 5) is 13.0. The van der Waals surface area contributed by atoms with E-state index in [-0.39, 0.29) is 16.3 Å². The Morgan fingerprint density at radius 1 is 1.22 bits per heavy atom. The number of carboxylic acid groups (broad SMARTS) is 1. The van der Waals surface area contributed by atoms with Crippen molar-refractivity contribution in [2.75, 3.05) is 11.3 Å². The predicted molar refractivity (Wildman–Crippen MR) is 117 cm³/mol. The molecule has 2 rings (SSSR count). The minimum Gasteiger partial charge on any atom is -0.477 e. The summed E-state index contributed by atoms with van der Waals surface area (Å²) in [6, 6.07) is 6.49. The van der Waals surface area contributed by atoms with E-state index in [0.29, 0.717) is 21.0 Å². The standard InChI is InChI=1S/C19H24Cl2NO3PS/c1-11(2)22(26(6,25)15-8-7-12(20)9-13(15)21)14-10-16(19(3,4)5)27-17(14)18(23)24/h7-11H,1-6H3,(H,23,24). The third-order valence-electron chi connectivity index (χ3n) is 4.15. The van der Waals surface area contributed by atoms with Crippen LogP contribution in [0.25, 0.3) is 0 Å². The molecule has 4 nitrogen and oxygen atoms in total. The van der Waals surface area contributed by atoms with Gasteiger partial charge in [-0.2, -0.15) is 0 Å². The molecule has 0 aliphatic carbocycles. The highest BCUT2D eigenvalue weighted by Crippen LogP contribution is 2.53. The van der Waals surface area contributed by atoms with E-state index in [9.17, 15) is 14.5 Å². The van der Waals surface area contributed by atoms with Gasteiger partial charge in [-0.05, 0) is 43.5 Å². The van der Waals surface area contributed by atoms with Gasteiger partial charge in [-0.25, -0.2) is 4.79 Å². The van der Waals surface area contributed by atoms with Crippen LogP contribution in [0.3, 0.4) is 0 Å². The summed E-state index contributed by atoms with van der Waals surface area (Å²) >= 11 is 13.5. The van der Waals surface area contributed by atoms with Gasteiger partial charge in [-0.1, -0.05) is 44.0 Å². The lowest BCUT2D eigenvalue weighted by Crippen LogP contribution is -2.32. The first-order chi connectivity index (χ1) is 12.3. The summed E-state index contributed by atoms with van der Waals surface area (Å²) in [5.74, 6) is -1.03. The highest BCUT2D eigenvalue weighted by atomic mass is 35.5. The van der Waals surface area contributed by atoms with Gasteiger partial charge < -0.3 is 9.78 Å². The summed E-state index contributed by atoms with van der Waals surface area (Å²) in [5.41, 5.74) is 0.245. The van der Waals surface area contributed by atoms with Crippen LogP contribution >= 0.6 is 41.8 Å². The molecule has 27 heavy (non-hydrogen) atoms. The molecule has 1 unspecified atom stereocenters. The number of carbonyl (C=O) groups is 1. The molecule has 1 N–H and O–H groups in total. The van der Waals surface area contributed by atoms with Crippen molar-refractivity contribution in [3.8, 4) is 0 Å². The molecular formula is C19H24Cl2NO3PS. The van der Waals surface area contributed by atoms with Crippen molar-refractivity contribution in [2.45, 2.75) is 46.1 Å². The Hall–Kier alpha value is -1.000. The molecule has 1 aromatic heterocycles. The Bertz CT molecular complexity index is 918. The first-order valence-corrected chi connectivity index (χ1v) is 12.1. The van der Waals surface area contributed by atoms with E-state index in [4.69, 9.17) is 23.2 Å². The minimum absolute atomic E-state index is 0.181. The molecule has 0 bridgehead atoms. The van der Waals surface area contributed by atoms with Gasteiger partial charge in [0.2, 0.25) is 0 Å². The van der Waals surface area contributed by atoms with Gasteiger partial charge in [0.25, 0.3) is 0 Å². The van der Waals surface area contributed by atoms with Crippen molar-refractivity contribution in [3.63, 3.8) is 0 Å². The molecule has 8 heteroatoms. The van der Waals surface area contributed by atoms with Crippen molar-refractivity contribution in [1.29, 1.82) is 0 Å². The minimum atomic E-state index is -3.21. The fourth-order valence-electron chi connectivity index (χ4n) is 2.93. The third kappa shape index (κ3) is 4.54. The molecule has 148 valence electrons.